The van der Waals surface area contributed by atoms with Crippen LogP contribution in [0.5, 0.6) is 0 Å². The van der Waals surface area contributed by atoms with Gasteiger partial charge in [0.05, 0.1) is 0 Å². The lowest BCUT2D eigenvalue weighted by Crippen LogP contribution is -2.27. The number of aromatic nitrogens is 2. The van der Waals surface area contributed by atoms with Crippen LogP contribution in [0.25, 0.3) is 0 Å². The summed E-state index contributed by atoms with van der Waals surface area (Å²) in [5.41, 5.74) is 5.45. The van der Waals surface area contributed by atoms with E-state index in [4.69, 9.17) is 5.73 Å². The Bertz CT molecular complexity index is 387. The monoisotopic (exact) mass is 227 g/mol. The number of hydrogen-bond donors (Lipinski definition) is 1. The van der Waals surface area contributed by atoms with Crippen LogP contribution < -0.4 is 10.6 Å². The van der Waals surface area contributed by atoms with Gasteiger partial charge in [0.2, 0.25) is 11.6 Å². The zero-order valence-corrected chi connectivity index (χ0v) is 9.80. The summed E-state index contributed by atoms with van der Waals surface area (Å²) in [7, 11) is 1.78. The SMILES string of the molecule is CCn1c(C)nc([N+](=O)[O-])c1N(C)CCN. The zero-order valence-electron chi connectivity index (χ0n) is 9.80. The van der Waals surface area contributed by atoms with Crippen LogP contribution in [0.4, 0.5) is 11.6 Å². The molecule has 0 saturated heterocycles. The first-order valence-electron chi connectivity index (χ1n) is 5.15. The van der Waals surface area contributed by atoms with Gasteiger partial charge in [0.1, 0.15) is 0 Å². The predicted octanol–water partition coefficient (Wildman–Crippen LogP) is 0.515. The molecule has 0 aliphatic carbocycles. The molecule has 0 aliphatic rings. The Morgan fingerprint density at radius 2 is 2.25 bits per heavy atom. The van der Waals surface area contributed by atoms with E-state index in [1.807, 2.05) is 11.5 Å². The van der Waals surface area contributed by atoms with Gasteiger partial charge in [0.25, 0.3) is 0 Å². The van der Waals surface area contributed by atoms with Gasteiger partial charge in [-0.2, -0.15) is 0 Å². The molecule has 0 bridgehead atoms. The molecule has 2 N–H and O–H groups in total. The lowest BCUT2D eigenvalue weighted by atomic mass is 10.5. The van der Waals surface area contributed by atoms with Crippen molar-refractivity contribution >= 4 is 11.6 Å². The molecule has 0 radical (unpaired) electrons. The van der Waals surface area contributed by atoms with E-state index in [9.17, 15) is 10.1 Å². The maximum absolute atomic E-state index is 10.9. The topological polar surface area (TPSA) is 90.2 Å². The second-order valence-corrected chi connectivity index (χ2v) is 3.52. The van der Waals surface area contributed by atoms with E-state index in [0.717, 1.165) is 0 Å². The molecular weight excluding hydrogens is 210 g/mol. The van der Waals surface area contributed by atoms with Crippen LogP contribution in [-0.4, -0.2) is 34.6 Å². The second kappa shape index (κ2) is 4.93. The van der Waals surface area contributed by atoms with Crippen LogP contribution >= 0.6 is 0 Å². The maximum atomic E-state index is 10.9. The number of likely N-dealkylation sites (N-methyl/N-ethyl adjacent to an activating group) is 1. The van der Waals surface area contributed by atoms with E-state index in [2.05, 4.69) is 4.98 Å². The van der Waals surface area contributed by atoms with Crippen molar-refractivity contribution in [2.75, 3.05) is 25.0 Å². The number of imidazole rings is 1. The average molecular weight is 227 g/mol. The van der Waals surface area contributed by atoms with E-state index in [-0.39, 0.29) is 5.82 Å². The van der Waals surface area contributed by atoms with E-state index >= 15 is 0 Å². The fourth-order valence-electron chi connectivity index (χ4n) is 1.71. The molecular formula is C9H17N5O2. The van der Waals surface area contributed by atoms with E-state index in [1.54, 1.807) is 18.9 Å². The van der Waals surface area contributed by atoms with Crippen LogP contribution in [-0.2, 0) is 6.54 Å². The van der Waals surface area contributed by atoms with Crippen molar-refractivity contribution in [1.82, 2.24) is 9.55 Å². The first-order chi connectivity index (χ1) is 7.52. The number of nitrogens with zero attached hydrogens (tertiary/aromatic N) is 4. The van der Waals surface area contributed by atoms with Crippen molar-refractivity contribution in [1.29, 1.82) is 0 Å². The lowest BCUT2D eigenvalue weighted by molar-refractivity contribution is -0.388. The normalized spacial score (nSPS) is 10.5. The molecule has 0 aromatic carbocycles. The third-order valence-corrected chi connectivity index (χ3v) is 2.43. The zero-order chi connectivity index (χ0) is 12.3. The molecule has 1 rings (SSSR count). The van der Waals surface area contributed by atoms with Crippen molar-refractivity contribution in [2.24, 2.45) is 5.73 Å². The van der Waals surface area contributed by atoms with Gasteiger partial charge in [0.15, 0.2) is 0 Å². The number of hydrogen-bond acceptors (Lipinski definition) is 5. The number of aryl methyl sites for hydroxylation is 1. The van der Waals surface area contributed by atoms with Gasteiger partial charge in [-0.15, -0.1) is 0 Å². The maximum Gasteiger partial charge on any atom is 0.406 e. The van der Waals surface area contributed by atoms with Crippen LogP contribution in [0.2, 0.25) is 0 Å². The minimum absolute atomic E-state index is 0.102. The van der Waals surface area contributed by atoms with Crippen molar-refractivity contribution in [2.45, 2.75) is 20.4 Å². The van der Waals surface area contributed by atoms with Gasteiger partial charge < -0.3 is 20.7 Å². The van der Waals surface area contributed by atoms with Crippen LogP contribution in [0.3, 0.4) is 0 Å². The Kier molecular flexibility index (Phi) is 3.83. The first-order valence-corrected chi connectivity index (χ1v) is 5.15. The molecule has 0 fully saturated rings. The summed E-state index contributed by atoms with van der Waals surface area (Å²) in [6, 6.07) is 0. The van der Waals surface area contributed by atoms with Crippen molar-refractivity contribution in [3.05, 3.63) is 15.9 Å². The molecule has 0 atom stereocenters. The van der Waals surface area contributed by atoms with E-state index in [0.29, 0.717) is 31.3 Å². The van der Waals surface area contributed by atoms with Gasteiger partial charge in [-0.1, -0.05) is 0 Å². The highest BCUT2D eigenvalue weighted by molar-refractivity contribution is 5.55. The highest BCUT2D eigenvalue weighted by atomic mass is 16.6. The minimum atomic E-state index is -0.457. The molecule has 1 aromatic rings. The molecule has 7 nitrogen and oxygen atoms in total. The van der Waals surface area contributed by atoms with Gasteiger partial charge in [0, 0.05) is 33.6 Å². The fourth-order valence-corrected chi connectivity index (χ4v) is 1.71. The summed E-state index contributed by atoms with van der Waals surface area (Å²) in [5, 5.41) is 10.9. The molecule has 0 unspecified atom stereocenters. The lowest BCUT2D eigenvalue weighted by Gasteiger charge is -2.18. The Morgan fingerprint density at radius 1 is 1.62 bits per heavy atom. The number of nitrogens with two attached hydrogens (primary N) is 1. The highest BCUT2D eigenvalue weighted by Gasteiger charge is 2.27. The Labute approximate surface area is 94.0 Å². The van der Waals surface area contributed by atoms with Crippen LogP contribution in [0.15, 0.2) is 0 Å². The van der Waals surface area contributed by atoms with Crippen molar-refractivity contribution in [3.63, 3.8) is 0 Å². The third-order valence-electron chi connectivity index (χ3n) is 2.43. The molecule has 0 saturated carbocycles. The summed E-state index contributed by atoms with van der Waals surface area (Å²) in [5.74, 6) is 1.07. The van der Waals surface area contributed by atoms with Gasteiger partial charge >= 0.3 is 5.82 Å². The number of nitro groups is 1. The third kappa shape index (κ3) is 2.13. The number of rotatable bonds is 5. The molecule has 7 heteroatoms. The fraction of sp³-hybridized carbons (Fsp3) is 0.667. The predicted molar refractivity (Wildman–Crippen MR) is 61.6 cm³/mol. The molecule has 1 heterocycles. The molecule has 1 aromatic heterocycles. The minimum Gasteiger partial charge on any atom is -0.358 e. The summed E-state index contributed by atoms with van der Waals surface area (Å²) >= 11 is 0. The first kappa shape index (κ1) is 12.4. The van der Waals surface area contributed by atoms with Gasteiger partial charge in [-0.05, 0) is 16.8 Å². The highest BCUT2D eigenvalue weighted by Crippen LogP contribution is 2.27. The molecule has 0 aliphatic heterocycles. The summed E-state index contributed by atoms with van der Waals surface area (Å²) in [6.07, 6.45) is 0. The summed E-state index contributed by atoms with van der Waals surface area (Å²) in [6.45, 7) is 5.35. The largest absolute Gasteiger partial charge is 0.406 e. The van der Waals surface area contributed by atoms with E-state index < -0.39 is 4.92 Å². The Balaban J connectivity index is 3.25. The van der Waals surface area contributed by atoms with Crippen LogP contribution in [0.1, 0.15) is 12.7 Å². The molecule has 16 heavy (non-hydrogen) atoms. The second-order valence-electron chi connectivity index (χ2n) is 3.52. The molecule has 0 spiro atoms. The van der Waals surface area contributed by atoms with Gasteiger partial charge in [-0.3, -0.25) is 4.57 Å². The smallest absolute Gasteiger partial charge is 0.358 e. The molecule has 90 valence electrons. The number of anilines is 1. The Morgan fingerprint density at radius 3 is 2.69 bits per heavy atom. The van der Waals surface area contributed by atoms with Crippen molar-refractivity contribution < 1.29 is 4.92 Å². The van der Waals surface area contributed by atoms with Crippen LogP contribution in [0, 0.1) is 17.0 Å². The standard InChI is InChI=1S/C9H17N5O2/c1-4-13-7(2)11-8(14(15)16)9(13)12(3)6-5-10/h4-6,10H2,1-3H3. The quantitative estimate of drug-likeness (QED) is 0.584. The van der Waals surface area contributed by atoms with Gasteiger partial charge in [-0.25, -0.2) is 0 Å². The Hall–Kier alpha value is -1.63. The molecule has 0 amide bonds. The summed E-state index contributed by atoms with van der Waals surface area (Å²) < 4.78 is 1.81. The van der Waals surface area contributed by atoms with Crippen molar-refractivity contribution in [3.8, 4) is 0 Å². The van der Waals surface area contributed by atoms with E-state index in [1.165, 1.54) is 0 Å². The summed E-state index contributed by atoms with van der Waals surface area (Å²) in [4.78, 5) is 16.2. The average Bonchev–Trinajstić information content (AvgIpc) is 2.55.